The Labute approximate surface area is 214 Å². The summed E-state index contributed by atoms with van der Waals surface area (Å²) in [6.07, 6.45) is 7.19. The van der Waals surface area contributed by atoms with Gasteiger partial charge < -0.3 is 15.8 Å². The van der Waals surface area contributed by atoms with Crippen LogP contribution in [0.25, 0.3) is 10.8 Å². The van der Waals surface area contributed by atoms with E-state index in [-0.39, 0.29) is 12.5 Å². The fourth-order valence-electron chi connectivity index (χ4n) is 4.43. The SMILES string of the molecule is COCc1nn(Cc2ccc(Cn3cccn3)cc2)cc1C(=O)NCc1ccc2c(N)nccc2c1C. The molecule has 0 saturated carbocycles. The van der Waals surface area contributed by atoms with Crippen molar-refractivity contribution >= 4 is 22.5 Å². The first-order valence-corrected chi connectivity index (χ1v) is 12.0. The summed E-state index contributed by atoms with van der Waals surface area (Å²) in [4.78, 5) is 17.3. The molecule has 0 bridgehead atoms. The number of aryl methyl sites for hydroxylation is 1. The van der Waals surface area contributed by atoms with Crippen LogP contribution in [0.3, 0.4) is 0 Å². The topological polar surface area (TPSA) is 113 Å². The fraction of sp³-hybridized carbons (Fsp3) is 0.214. The van der Waals surface area contributed by atoms with Crippen LogP contribution < -0.4 is 11.1 Å². The van der Waals surface area contributed by atoms with E-state index in [0.29, 0.717) is 30.2 Å². The molecule has 3 heterocycles. The molecule has 3 aromatic heterocycles. The summed E-state index contributed by atoms with van der Waals surface area (Å²) in [6.45, 7) is 3.93. The highest BCUT2D eigenvalue weighted by atomic mass is 16.5. The first-order valence-electron chi connectivity index (χ1n) is 12.0. The Kier molecular flexibility index (Phi) is 6.96. The van der Waals surface area contributed by atoms with Crippen LogP contribution in [-0.2, 0) is 31.0 Å². The third kappa shape index (κ3) is 5.36. The molecule has 5 rings (SSSR count). The summed E-state index contributed by atoms with van der Waals surface area (Å²) in [5.41, 5.74) is 11.4. The number of anilines is 1. The summed E-state index contributed by atoms with van der Waals surface area (Å²) in [5, 5.41) is 13.8. The molecule has 3 N–H and O–H groups in total. The van der Waals surface area contributed by atoms with Gasteiger partial charge >= 0.3 is 0 Å². The Morgan fingerprint density at radius 2 is 1.76 bits per heavy atom. The lowest BCUT2D eigenvalue weighted by Crippen LogP contribution is -2.24. The van der Waals surface area contributed by atoms with Gasteiger partial charge in [0.05, 0.1) is 25.3 Å². The van der Waals surface area contributed by atoms with Gasteiger partial charge in [-0.25, -0.2) is 4.98 Å². The maximum absolute atomic E-state index is 13.1. The number of carbonyl (C=O) groups excluding carboxylic acids is 1. The van der Waals surface area contributed by atoms with E-state index in [2.05, 4.69) is 44.8 Å². The zero-order valence-corrected chi connectivity index (χ0v) is 20.9. The Balaban J connectivity index is 1.28. The smallest absolute Gasteiger partial charge is 0.255 e. The van der Waals surface area contributed by atoms with Crippen molar-refractivity contribution in [2.45, 2.75) is 33.2 Å². The molecule has 5 aromatic rings. The second-order valence-electron chi connectivity index (χ2n) is 8.96. The quantitative estimate of drug-likeness (QED) is 0.323. The van der Waals surface area contributed by atoms with Crippen molar-refractivity contribution < 1.29 is 9.53 Å². The molecule has 0 spiro atoms. The summed E-state index contributed by atoms with van der Waals surface area (Å²) in [5.74, 6) is 0.307. The number of nitrogens with two attached hydrogens (primary N) is 1. The molecule has 0 unspecified atom stereocenters. The van der Waals surface area contributed by atoms with E-state index in [1.54, 1.807) is 30.4 Å². The summed E-state index contributed by atoms with van der Waals surface area (Å²) in [6, 6.07) is 16.1. The number of pyridine rings is 1. The van der Waals surface area contributed by atoms with Gasteiger partial charge in [-0.2, -0.15) is 10.2 Å². The molecule has 2 aromatic carbocycles. The number of aromatic nitrogens is 5. The molecular weight excluding hydrogens is 466 g/mol. The normalized spacial score (nSPS) is 11.2. The monoisotopic (exact) mass is 495 g/mol. The van der Waals surface area contributed by atoms with Gasteiger partial charge in [0.2, 0.25) is 0 Å². The van der Waals surface area contributed by atoms with Crippen LogP contribution in [-0.4, -0.2) is 37.6 Å². The van der Waals surface area contributed by atoms with Gasteiger partial charge in [0.15, 0.2) is 0 Å². The highest BCUT2D eigenvalue weighted by molar-refractivity contribution is 5.96. The molecule has 0 atom stereocenters. The van der Waals surface area contributed by atoms with Crippen LogP contribution in [0.2, 0.25) is 0 Å². The Morgan fingerprint density at radius 1 is 1.00 bits per heavy atom. The average molecular weight is 496 g/mol. The number of nitrogens with zero attached hydrogens (tertiary/aromatic N) is 5. The predicted molar refractivity (Wildman–Crippen MR) is 142 cm³/mol. The number of fused-ring (bicyclic) bond motifs is 1. The van der Waals surface area contributed by atoms with Gasteiger partial charge in [-0.15, -0.1) is 0 Å². The van der Waals surface area contributed by atoms with Gasteiger partial charge in [-0.05, 0) is 46.7 Å². The second kappa shape index (κ2) is 10.6. The lowest BCUT2D eigenvalue weighted by atomic mass is 10.0. The van der Waals surface area contributed by atoms with E-state index in [4.69, 9.17) is 10.5 Å². The highest BCUT2D eigenvalue weighted by Gasteiger charge is 2.17. The van der Waals surface area contributed by atoms with E-state index in [1.165, 1.54) is 0 Å². The first-order chi connectivity index (χ1) is 18.0. The van der Waals surface area contributed by atoms with Crippen LogP contribution in [0.4, 0.5) is 5.82 Å². The summed E-state index contributed by atoms with van der Waals surface area (Å²) >= 11 is 0. The number of ether oxygens (including phenoxy) is 1. The highest BCUT2D eigenvalue weighted by Crippen LogP contribution is 2.25. The largest absolute Gasteiger partial charge is 0.383 e. The maximum atomic E-state index is 13.1. The predicted octanol–water partition coefficient (Wildman–Crippen LogP) is 3.69. The molecule has 0 radical (unpaired) electrons. The Bertz CT molecular complexity index is 1520. The molecule has 0 aliphatic heterocycles. The second-order valence-corrected chi connectivity index (χ2v) is 8.96. The van der Waals surface area contributed by atoms with Crippen LogP contribution >= 0.6 is 0 Å². The number of rotatable bonds is 9. The number of nitrogen functional groups attached to an aromatic ring is 1. The molecule has 0 fully saturated rings. The average Bonchev–Trinajstić information content (AvgIpc) is 3.55. The Hall–Kier alpha value is -4.50. The molecule has 0 saturated heterocycles. The van der Waals surface area contributed by atoms with E-state index in [9.17, 15) is 4.79 Å². The minimum absolute atomic E-state index is 0.193. The molecule has 0 aliphatic rings. The van der Waals surface area contributed by atoms with Crippen molar-refractivity contribution in [2.24, 2.45) is 0 Å². The van der Waals surface area contributed by atoms with Gasteiger partial charge in [-0.3, -0.25) is 14.2 Å². The minimum Gasteiger partial charge on any atom is -0.383 e. The summed E-state index contributed by atoms with van der Waals surface area (Å²) < 4.78 is 8.97. The number of methoxy groups -OCH3 is 1. The van der Waals surface area contributed by atoms with E-state index >= 15 is 0 Å². The number of hydrogen-bond donors (Lipinski definition) is 2. The number of benzene rings is 2. The van der Waals surface area contributed by atoms with E-state index in [1.807, 2.05) is 42.1 Å². The van der Waals surface area contributed by atoms with Crippen LogP contribution in [0.5, 0.6) is 0 Å². The standard InChI is InChI=1S/C28H29N7O2/c1-19-22(8-9-24-23(19)10-12-30-27(24)29)14-31-28(36)25-17-35(33-26(25)18-37-2)16-21-6-4-20(5-7-21)15-34-13-3-11-32-34/h3-13,17H,14-16,18H2,1-2H3,(H2,29,30)(H,31,36). The lowest BCUT2D eigenvalue weighted by Gasteiger charge is -2.11. The molecular formula is C28H29N7O2. The summed E-state index contributed by atoms with van der Waals surface area (Å²) in [7, 11) is 1.60. The van der Waals surface area contributed by atoms with Gasteiger partial charge in [-0.1, -0.05) is 36.4 Å². The molecule has 9 nitrogen and oxygen atoms in total. The van der Waals surface area contributed by atoms with Crippen molar-refractivity contribution in [3.05, 3.63) is 107 Å². The molecule has 9 heteroatoms. The van der Waals surface area contributed by atoms with Gasteiger partial charge in [0, 0.05) is 43.8 Å². The third-order valence-electron chi connectivity index (χ3n) is 6.43. The third-order valence-corrected chi connectivity index (χ3v) is 6.43. The maximum Gasteiger partial charge on any atom is 0.255 e. The van der Waals surface area contributed by atoms with Crippen LogP contribution in [0.15, 0.2) is 73.3 Å². The van der Waals surface area contributed by atoms with Crippen molar-refractivity contribution in [3.63, 3.8) is 0 Å². The zero-order valence-electron chi connectivity index (χ0n) is 20.9. The molecule has 1 amide bonds. The van der Waals surface area contributed by atoms with Crippen molar-refractivity contribution in [1.82, 2.24) is 29.9 Å². The van der Waals surface area contributed by atoms with Crippen molar-refractivity contribution in [2.75, 3.05) is 12.8 Å². The first kappa shape index (κ1) is 24.2. The van der Waals surface area contributed by atoms with Crippen molar-refractivity contribution in [1.29, 1.82) is 0 Å². The van der Waals surface area contributed by atoms with E-state index < -0.39 is 0 Å². The number of amides is 1. The number of nitrogens with one attached hydrogen (secondary N) is 1. The number of hydrogen-bond acceptors (Lipinski definition) is 6. The van der Waals surface area contributed by atoms with Crippen LogP contribution in [0.1, 0.15) is 38.3 Å². The van der Waals surface area contributed by atoms with Crippen LogP contribution in [0, 0.1) is 6.92 Å². The zero-order chi connectivity index (χ0) is 25.8. The van der Waals surface area contributed by atoms with Gasteiger partial charge in [0.1, 0.15) is 11.5 Å². The lowest BCUT2D eigenvalue weighted by molar-refractivity contribution is 0.0946. The fourth-order valence-corrected chi connectivity index (χ4v) is 4.43. The Morgan fingerprint density at radius 3 is 2.46 bits per heavy atom. The van der Waals surface area contributed by atoms with E-state index in [0.717, 1.165) is 39.6 Å². The molecule has 0 aliphatic carbocycles. The van der Waals surface area contributed by atoms with Crippen molar-refractivity contribution in [3.8, 4) is 0 Å². The molecule has 37 heavy (non-hydrogen) atoms. The number of carbonyl (C=O) groups is 1. The van der Waals surface area contributed by atoms with Gasteiger partial charge in [0.25, 0.3) is 5.91 Å². The molecule has 188 valence electrons. The minimum atomic E-state index is -0.193.